The number of aromatic nitrogens is 2. The molecule has 2 aromatic rings. The zero-order chi connectivity index (χ0) is 32.6. The summed E-state index contributed by atoms with van der Waals surface area (Å²) in [6.07, 6.45) is 11.1. The molecule has 1 aromatic carbocycles. The topological polar surface area (TPSA) is 90.9 Å². The molecule has 1 atom stereocenters. The molecule has 10 heteroatoms. The molecular formula is C36H51FN6O3. The van der Waals surface area contributed by atoms with E-state index in [2.05, 4.69) is 38.9 Å². The first-order chi connectivity index (χ1) is 22.0. The Morgan fingerprint density at radius 2 is 1.83 bits per heavy atom. The van der Waals surface area contributed by atoms with Crippen molar-refractivity contribution in [1.29, 1.82) is 0 Å². The third kappa shape index (κ3) is 6.60. The molecule has 4 fully saturated rings. The number of ether oxygens (including phenoxy) is 1. The van der Waals surface area contributed by atoms with Crippen LogP contribution in [-0.4, -0.2) is 82.4 Å². The first kappa shape index (κ1) is 32.7. The van der Waals surface area contributed by atoms with Gasteiger partial charge in [-0.1, -0.05) is 13.8 Å². The van der Waals surface area contributed by atoms with Gasteiger partial charge in [-0.3, -0.25) is 9.59 Å². The summed E-state index contributed by atoms with van der Waals surface area (Å²) in [6, 6.07) is 4.05. The van der Waals surface area contributed by atoms with Gasteiger partial charge in [-0.05, 0) is 109 Å². The van der Waals surface area contributed by atoms with Crippen molar-refractivity contribution in [2.45, 2.75) is 91.1 Å². The summed E-state index contributed by atoms with van der Waals surface area (Å²) >= 11 is 0. The predicted molar refractivity (Wildman–Crippen MR) is 176 cm³/mol. The minimum atomic E-state index is -0.481. The lowest BCUT2D eigenvalue weighted by atomic mass is 9.71. The number of hydrogen-bond donors (Lipinski definition) is 1. The second-order valence-corrected chi connectivity index (χ2v) is 15.1. The van der Waals surface area contributed by atoms with Gasteiger partial charge in [-0.2, -0.15) is 0 Å². The molecule has 0 bridgehead atoms. The summed E-state index contributed by atoms with van der Waals surface area (Å²) < 4.78 is 20.6. The van der Waals surface area contributed by atoms with E-state index in [1.807, 2.05) is 20.8 Å². The van der Waals surface area contributed by atoms with Crippen LogP contribution in [0.1, 0.15) is 89.9 Å². The number of piperidine rings is 1. The van der Waals surface area contributed by atoms with Gasteiger partial charge < -0.3 is 24.8 Å². The predicted octanol–water partition coefficient (Wildman–Crippen LogP) is 5.90. The van der Waals surface area contributed by atoms with Crippen LogP contribution in [0.15, 0.2) is 30.7 Å². The van der Waals surface area contributed by atoms with Crippen molar-refractivity contribution in [3.05, 3.63) is 42.1 Å². The Bertz CT molecular complexity index is 1410. The Kier molecular flexibility index (Phi) is 9.29. The fourth-order valence-corrected chi connectivity index (χ4v) is 8.40. The third-order valence-electron chi connectivity index (χ3n) is 11.3. The van der Waals surface area contributed by atoms with E-state index >= 15 is 0 Å². The molecule has 46 heavy (non-hydrogen) atoms. The highest BCUT2D eigenvalue weighted by atomic mass is 19.1. The molecule has 9 nitrogen and oxygen atoms in total. The lowest BCUT2D eigenvalue weighted by Crippen LogP contribution is -2.61. The van der Waals surface area contributed by atoms with Crippen molar-refractivity contribution < 1.29 is 18.7 Å². The highest BCUT2D eigenvalue weighted by Gasteiger charge is 2.48. The third-order valence-corrected chi connectivity index (χ3v) is 11.3. The van der Waals surface area contributed by atoms with E-state index in [1.54, 1.807) is 11.1 Å². The number of carbonyl (C=O) groups excluding carboxylic acids is 2. The van der Waals surface area contributed by atoms with Gasteiger partial charge in [0.15, 0.2) is 11.6 Å². The fraction of sp³-hybridized carbons (Fsp3) is 0.667. The SMILES string of the molecule is CCN(C(=O)c1cc(F)ccc1Oc1cncnc1N1CC2(CCN(CC3CCC4(CC3)CC(C(C)C)C(=O)N4)CC2)C1)C(C)C. The largest absolute Gasteiger partial charge is 0.451 e. The average molecular weight is 635 g/mol. The van der Waals surface area contributed by atoms with Gasteiger partial charge in [-0.25, -0.2) is 14.4 Å². The van der Waals surface area contributed by atoms with Crippen LogP contribution in [0.25, 0.3) is 0 Å². The first-order valence-electron chi connectivity index (χ1n) is 17.4. The molecule has 1 saturated carbocycles. The quantitative estimate of drug-likeness (QED) is 0.367. The van der Waals surface area contributed by atoms with Crippen molar-refractivity contribution in [2.75, 3.05) is 44.2 Å². The van der Waals surface area contributed by atoms with Gasteiger partial charge in [0.2, 0.25) is 5.91 Å². The maximum Gasteiger partial charge on any atom is 0.257 e. The average Bonchev–Trinajstić information content (AvgIpc) is 3.34. The number of benzene rings is 1. The zero-order valence-electron chi connectivity index (χ0n) is 28.2. The molecule has 3 aliphatic heterocycles. The summed E-state index contributed by atoms with van der Waals surface area (Å²) in [4.78, 5) is 41.2. The molecule has 2 amide bonds. The van der Waals surface area contributed by atoms with Gasteiger partial charge in [0.1, 0.15) is 17.9 Å². The molecular weight excluding hydrogens is 583 g/mol. The van der Waals surface area contributed by atoms with Crippen molar-refractivity contribution >= 4 is 17.6 Å². The summed E-state index contributed by atoms with van der Waals surface area (Å²) in [5.74, 6) is 2.29. The minimum Gasteiger partial charge on any atom is -0.451 e. The van der Waals surface area contributed by atoms with Crippen LogP contribution in [0.2, 0.25) is 0 Å². The molecule has 1 unspecified atom stereocenters. The highest BCUT2D eigenvalue weighted by molar-refractivity contribution is 5.97. The van der Waals surface area contributed by atoms with E-state index in [-0.39, 0.29) is 40.3 Å². The number of halogens is 1. The lowest BCUT2D eigenvalue weighted by molar-refractivity contribution is -0.124. The summed E-state index contributed by atoms with van der Waals surface area (Å²) in [6.45, 7) is 15.8. The number of rotatable bonds is 9. The number of carbonyl (C=O) groups is 2. The number of anilines is 1. The Morgan fingerprint density at radius 1 is 1.11 bits per heavy atom. The molecule has 6 rings (SSSR count). The first-order valence-corrected chi connectivity index (χ1v) is 17.4. The maximum absolute atomic E-state index is 14.3. The van der Waals surface area contributed by atoms with Crippen LogP contribution < -0.4 is 15.0 Å². The van der Waals surface area contributed by atoms with E-state index in [9.17, 15) is 14.0 Å². The molecule has 0 radical (unpaired) electrons. The van der Waals surface area contributed by atoms with Gasteiger partial charge in [-0.15, -0.1) is 0 Å². The van der Waals surface area contributed by atoms with Gasteiger partial charge in [0.05, 0.1) is 11.8 Å². The molecule has 2 spiro atoms. The van der Waals surface area contributed by atoms with E-state index in [0.29, 0.717) is 35.7 Å². The van der Waals surface area contributed by atoms with Crippen LogP contribution in [0, 0.1) is 29.0 Å². The normalized spacial score (nSPS) is 26.1. The second-order valence-electron chi connectivity index (χ2n) is 15.1. The molecule has 1 aliphatic carbocycles. The van der Waals surface area contributed by atoms with E-state index in [0.717, 1.165) is 64.8 Å². The van der Waals surface area contributed by atoms with Gasteiger partial charge in [0, 0.05) is 49.1 Å². The second kappa shape index (κ2) is 13.1. The number of nitrogens with zero attached hydrogens (tertiary/aromatic N) is 5. The maximum atomic E-state index is 14.3. The molecule has 4 heterocycles. The summed E-state index contributed by atoms with van der Waals surface area (Å²) in [7, 11) is 0. The van der Waals surface area contributed by atoms with Crippen LogP contribution >= 0.6 is 0 Å². The fourth-order valence-electron chi connectivity index (χ4n) is 8.40. The Balaban J connectivity index is 1.03. The molecule has 4 aliphatic rings. The monoisotopic (exact) mass is 634 g/mol. The van der Waals surface area contributed by atoms with Crippen LogP contribution in [0.5, 0.6) is 11.5 Å². The lowest BCUT2D eigenvalue weighted by Gasteiger charge is -2.55. The molecule has 1 N–H and O–H groups in total. The number of nitrogens with one attached hydrogen (secondary N) is 1. The van der Waals surface area contributed by atoms with Crippen LogP contribution in [0.3, 0.4) is 0 Å². The van der Waals surface area contributed by atoms with Crippen molar-refractivity contribution in [2.24, 2.45) is 23.2 Å². The van der Waals surface area contributed by atoms with Crippen molar-refractivity contribution in [3.63, 3.8) is 0 Å². The van der Waals surface area contributed by atoms with E-state index in [4.69, 9.17) is 4.74 Å². The number of amides is 2. The Hall–Kier alpha value is -3.27. The Morgan fingerprint density at radius 3 is 2.46 bits per heavy atom. The molecule has 1 aromatic heterocycles. The zero-order valence-corrected chi connectivity index (χ0v) is 28.2. The van der Waals surface area contributed by atoms with Gasteiger partial charge in [0.25, 0.3) is 5.91 Å². The Labute approximate surface area is 273 Å². The minimum absolute atomic E-state index is 0.0263. The van der Waals surface area contributed by atoms with E-state index < -0.39 is 5.82 Å². The smallest absolute Gasteiger partial charge is 0.257 e. The van der Waals surface area contributed by atoms with Crippen molar-refractivity contribution in [3.8, 4) is 11.5 Å². The number of likely N-dealkylation sites (tertiary alicyclic amines) is 1. The molecule has 3 saturated heterocycles. The standard InChI is InChI=1S/C36H51FN6O3/c1-6-43(25(4)5)34(45)28-17-27(37)7-8-30(28)46-31-19-38-23-39-32(31)42-21-35(22-42)13-15-41(16-14-35)20-26-9-11-36(12-10-26)18-29(24(2)3)33(44)40-36/h7-8,17,19,23-26,29H,6,9-16,18,20-22H2,1-5H3,(H,40,44). The van der Waals surface area contributed by atoms with Crippen LogP contribution in [0.4, 0.5) is 10.2 Å². The summed E-state index contributed by atoms with van der Waals surface area (Å²) in [5, 5.41) is 3.40. The van der Waals surface area contributed by atoms with Crippen molar-refractivity contribution in [1.82, 2.24) is 25.1 Å². The van der Waals surface area contributed by atoms with Crippen LogP contribution in [-0.2, 0) is 4.79 Å². The highest BCUT2D eigenvalue weighted by Crippen LogP contribution is 2.46. The van der Waals surface area contributed by atoms with Gasteiger partial charge >= 0.3 is 0 Å². The van der Waals surface area contributed by atoms with E-state index in [1.165, 1.54) is 37.4 Å². The summed E-state index contributed by atoms with van der Waals surface area (Å²) in [5.41, 5.74) is 0.509. The number of hydrogen-bond acceptors (Lipinski definition) is 7. The molecule has 250 valence electrons.